The van der Waals surface area contributed by atoms with E-state index in [0.717, 1.165) is 23.8 Å². The zero-order valence-corrected chi connectivity index (χ0v) is 14.8. The summed E-state index contributed by atoms with van der Waals surface area (Å²) in [5.74, 6) is -1.17. The Kier molecular flexibility index (Phi) is 4.97. The molecule has 4 nitrogen and oxygen atoms in total. The lowest BCUT2D eigenvalue weighted by Crippen LogP contribution is -2.06. The van der Waals surface area contributed by atoms with Gasteiger partial charge in [-0.05, 0) is 48.4 Å². The normalized spacial score (nSPS) is 12.2. The van der Waals surface area contributed by atoms with Gasteiger partial charge in [-0.15, -0.1) is 0 Å². The third-order valence-corrected chi connectivity index (χ3v) is 4.37. The first kappa shape index (κ1) is 19.0. The molecule has 27 heavy (non-hydrogen) atoms. The van der Waals surface area contributed by atoms with Gasteiger partial charge in [-0.3, -0.25) is 4.68 Å². The summed E-state index contributed by atoms with van der Waals surface area (Å²) < 4.78 is 40.7. The van der Waals surface area contributed by atoms with Crippen molar-refractivity contribution in [2.45, 2.75) is 19.6 Å². The number of benzene rings is 2. The number of aromatic nitrogens is 2. The zero-order chi connectivity index (χ0) is 19.8. The van der Waals surface area contributed by atoms with Gasteiger partial charge >= 0.3 is 12.1 Å². The summed E-state index contributed by atoms with van der Waals surface area (Å²) in [7, 11) is 0. The predicted octanol–water partition coefficient (Wildman–Crippen LogP) is 5.16. The molecule has 2 aromatic carbocycles. The lowest BCUT2D eigenvalue weighted by Gasteiger charge is -2.09. The standard InChI is InChI=1S/C19H14ClF3N2O2/c1-11-2-3-12(15(20)8-11)10-25-17-9-13(19(21,22)23)4-5-14(17)16(24-25)6-7-18(26)27/h2-9H,10H2,1H3,(H,26,27). The number of carboxylic acids is 1. The van der Waals surface area contributed by atoms with Gasteiger partial charge in [-0.1, -0.05) is 23.7 Å². The Morgan fingerprint density at radius 1 is 1.26 bits per heavy atom. The monoisotopic (exact) mass is 394 g/mol. The van der Waals surface area contributed by atoms with Gasteiger partial charge in [0, 0.05) is 16.5 Å². The molecule has 0 unspecified atom stereocenters. The van der Waals surface area contributed by atoms with E-state index in [1.807, 2.05) is 13.0 Å². The van der Waals surface area contributed by atoms with Gasteiger partial charge < -0.3 is 5.11 Å². The summed E-state index contributed by atoms with van der Waals surface area (Å²) in [6.45, 7) is 2.03. The maximum Gasteiger partial charge on any atom is 0.416 e. The fourth-order valence-electron chi connectivity index (χ4n) is 2.71. The molecule has 1 N–H and O–H groups in total. The molecule has 140 valence electrons. The molecule has 0 aliphatic carbocycles. The van der Waals surface area contributed by atoms with E-state index >= 15 is 0 Å². The number of alkyl halides is 3. The molecule has 0 saturated carbocycles. The minimum atomic E-state index is -4.50. The molecule has 0 fully saturated rings. The molecule has 0 amide bonds. The molecule has 0 aliphatic rings. The molecule has 0 aliphatic heterocycles. The highest BCUT2D eigenvalue weighted by atomic mass is 35.5. The smallest absolute Gasteiger partial charge is 0.416 e. The molecule has 0 bridgehead atoms. The third kappa shape index (κ3) is 4.14. The Labute approximate surface area is 157 Å². The van der Waals surface area contributed by atoms with Crippen molar-refractivity contribution in [1.82, 2.24) is 9.78 Å². The van der Waals surface area contributed by atoms with Crippen molar-refractivity contribution >= 4 is 34.5 Å². The summed E-state index contributed by atoms with van der Waals surface area (Å²) >= 11 is 6.23. The van der Waals surface area contributed by atoms with Crippen LogP contribution in [-0.4, -0.2) is 20.9 Å². The van der Waals surface area contributed by atoms with Crippen LogP contribution in [0.4, 0.5) is 13.2 Å². The van der Waals surface area contributed by atoms with Crippen LogP contribution in [0.25, 0.3) is 17.0 Å². The zero-order valence-electron chi connectivity index (χ0n) is 14.1. The van der Waals surface area contributed by atoms with Gasteiger partial charge in [0.15, 0.2) is 0 Å². The number of hydrogen-bond donors (Lipinski definition) is 1. The summed E-state index contributed by atoms with van der Waals surface area (Å²) in [6.07, 6.45) is -2.35. The fourth-order valence-corrected chi connectivity index (χ4v) is 3.01. The number of hydrogen-bond acceptors (Lipinski definition) is 2. The van der Waals surface area contributed by atoms with Crippen molar-refractivity contribution in [3.63, 3.8) is 0 Å². The number of carboxylic acid groups (broad SMARTS) is 1. The van der Waals surface area contributed by atoms with E-state index in [0.29, 0.717) is 16.0 Å². The highest BCUT2D eigenvalue weighted by molar-refractivity contribution is 6.31. The average molecular weight is 395 g/mol. The lowest BCUT2D eigenvalue weighted by molar-refractivity contribution is -0.137. The summed E-state index contributed by atoms with van der Waals surface area (Å²) in [6, 6.07) is 8.63. The molecule has 1 heterocycles. The Bertz CT molecular complexity index is 1060. The van der Waals surface area contributed by atoms with E-state index < -0.39 is 17.7 Å². The molecule has 0 radical (unpaired) electrons. The van der Waals surface area contributed by atoms with Crippen LogP contribution in [0, 0.1) is 6.92 Å². The van der Waals surface area contributed by atoms with Crippen LogP contribution in [0.3, 0.4) is 0 Å². The van der Waals surface area contributed by atoms with E-state index in [-0.39, 0.29) is 17.8 Å². The Balaban J connectivity index is 2.15. The maximum atomic E-state index is 13.1. The molecule has 0 spiro atoms. The number of aliphatic carboxylic acids is 1. The lowest BCUT2D eigenvalue weighted by atomic mass is 10.1. The molecular formula is C19H14ClF3N2O2. The van der Waals surface area contributed by atoms with Crippen LogP contribution < -0.4 is 0 Å². The second kappa shape index (κ2) is 7.08. The van der Waals surface area contributed by atoms with Crippen molar-refractivity contribution in [3.8, 4) is 0 Å². The summed E-state index contributed by atoms with van der Waals surface area (Å²) in [5.41, 5.74) is 1.35. The number of halogens is 4. The highest BCUT2D eigenvalue weighted by Crippen LogP contribution is 2.33. The summed E-state index contributed by atoms with van der Waals surface area (Å²) in [5, 5.41) is 14.0. The van der Waals surface area contributed by atoms with Gasteiger partial charge in [0.05, 0.1) is 23.3 Å². The Morgan fingerprint density at radius 3 is 2.63 bits per heavy atom. The number of fused-ring (bicyclic) bond motifs is 1. The number of aryl methyl sites for hydroxylation is 1. The van der Waals surface area contributed by atoms with Crippen molar-refractivity contribution in [3.05, 3.63) is 69.9 Å². The molecule has 1 aromatic heterocycles. The highest BCUT2D eigenvalue weighted by Gasteiger charge is 2.31. The maximum absolute atomic E-state index is 13.1. The van der Waals surface area contributed by atoms with E-state index in [4.69, 9.17) is 16.7 Å². The number of carbonyl (C=O) groups is 1. The van der Waals surface area contributed by atoms with Crippen LogP contribution in [0.5, 0.6) is 0 Å². The largest absolute Gasteiger partial charge is 0.478 e. The first-order chi connectivity index (χ1) is 12.6. The third-order valence-electron chi connectivity index (χ3n) is 4.02. The van der Waals surface area contributed by atoms with E-state index in [9.17, 15) is 18.0 Å². The van der Waals surface area contributed by atoms with Crippen LogP contribution in [0.2, 0.25) is 5.02 Å². The second-order valence-corrected chi connectivity index (χ2v) is 6.45. The SMILES string of the molecule is Cc1ccc(Cn2nc(C=CC(=O)O)c3ccc(C(F)(F)F)cc32)c(Cl)c1. The second-order valence-electron chi connectivity index (χ2n) is 6.04. The van der Waals surface area contributed by atoms with Crippen LogP contribution >= 0.6 is 11.6 Å². The summed E-state index contributed by atoms with van der Waals surface area (Å²) in [4.78, 5) is 10.8. The van der Waals surface area contributed by atoms with Gasteiger partial charge in [-0.2, -0.15) is 18.3 Å². The quantitative estimate of drug-likeness (QED) is 0.621. The van der Waals surface area contributed by atoms with Crippen molar-refractivity contribution in [1.29, 1.82) is 0 Å². The fraction of sp³-hybridized carbons (Fsp3) is 0.158. The molecular weight excluding hydrogens is 381 g/mol. The van der Waals surface area contributed by atoms with E-state index in [1.54, 1.807) is 12.1 Å². The first-order valence-corrected chi connectivity index (χ1v) is 8.27. The number of nitrogens with zero attached hydrogens (tertiary/aromatic N) is 2. The molecule has 3 rings (SSSR count). The van der Waals surface area contributed by atoms with Gasteiger partial charge in [0.2, 0.25) is 0 Å². The molecule has 3 aromatic rings. The minimum absolute atomic E-state index is 0.151. The molecule has 0 saturated heterocycles. The van der Waals surface area contributed by atoms with E-state index in [2.05, 4.69) is 5.10 Å². The van der Waals surface area contributed by atoms with Crippen molar-refractivity contribution < 1.29 is 23.1 Å². The molecule has 0 atom stereocenters. The van der Waals surface area contributed by atoms with Crippen LogP contribution in [-0.2, 0) is 17.5 Å². The predicted molar refractivity (Wildman–Crippen MR) is 96.7 cm³/mol. The van der Waals surface area contributed by atoms with E-state index in [1.165, 1.54) is 16.8 Å². The van der Waals surface area contributed by atoms with Crippen LogP contribution in [0.15, 0.2) is 42.5 Å². The van der Waals surface area contributed by atoms with Crippen LogP contribution in [0.1, 0.15) is 22.4 Å². The first-order valence-electron chi connectivity index (χ1n) is 7.89. The molecule has 8 heteroatoms. The van der Waals surface area contributed by atoms with Crippen molar-refractivity contribution in [2.75, 3.05) is 0 Å². The Morgan fingerprint density at radius 2 is 2.00 bits per heavy atom. The van der Waals surface area contributed by atoms with Gasteiger partial charge in [0.25, 0.3) is 0 Å². The minimum Gasteiger partial charge on any atom is -0.478 e. The topological polar surface area (TPSA) is 55.1 Å². The van der Waals surface area contributed by atoms with Gasteiger partial charge in [-0.25, -0.2) is 4.79 Å². The average Bonchev–Trinajstić information content (AvgIpc) is 2.92. The number of rotatable bonds is 4. The Hall–Kier alpha value is -2.80. The van der Waals surface area contributed by atoms with Crippen molar-refractivity contribution in [2.24, 2.45) is 0 Å². The van der Waals surface area contributed by atoms with Gasteiger partial charge in [0.1, 0.15) is 0 Å².